The fourth-order valence-electron chi connectivity index (χ4n) is 10.9. The predicted molar refractivity (Wildman–Crippen MR) is 214 cm³/mol. The zero-order chi connectivity index (χ0) is 35.5. The van der Waals surface area contributed by atoms with Crippen molar-refractivity contribution in [2.75, 3.05) is 13.1 Å². The molecule has 6 nitrogen and oxygen atoms in total. The van der Waals surface area contributed by atoms with Crippen LogP contribution in [0.15, 0.2) is 11.6 Å². The first-order valence-electron chi connectivity index (χ1n) is 20.1. The molecule has 1 amide bonds. The average Bonchev–Trinajstić information content (AvgIpc) is 3.34. The highest BCUT2D eigenvalue weighted by molar-refractivity contribution is 5.85. The molecule has 8 atom stereocenters. The van der Waals surface area contributed by atoms with E-state index < -0.39 is 0 Å². The summed E-state index contributed by atoms with van der Waals surface area (Å²) >= 11 is 0. The third kappa shape index (κ3) is 11.6. The lowest BCUT2D eigenvalue weighted by molar-refractivity contribution is -0.153. The van der Waals surface area contributed by atoms with Crippen LogP contribution in [0.5, 0.6) is 0 Å². The number of amides is 1. The first kappa shape index (κ1) is 45.3. The van der Waals surface area contributed by atoms with Crippen LogP contribution in [0.1, 0.15) is 165 Å². The van der Waals surface area contributed by atoms with Crippen molar-refractivity contribution in [3.05, 3.63) is 11.6 Å². The van der Waals surface area contributed by atoms with Gasteiger partial charge in [0.1, 0.15) is 6.10 Å². The van der Waals surface area contributed by atoms with Gasteiger partial charge in [0.15, 0.2) is 0 Å². The topological polar surface area (TPSA) is 98.7 Å². The van der Waals surface area contributed by atoms with Gasteiger partial charge in [0.25, 0.3) is 0 Å². The minimum Gasteiger partial charge on any atom is -0.462 e. The summed E-state index contributed by atoms with van der Waals surface area (Å²) in [6.45, 7) is 21.7. The molecule has 4 aliphatic carbocycles. The van der Waals surface area contributed by atoms with Gasteiger partial charge < -0.3 is 21.1 Å². The van der Waals surface area contributed by atoms with Gasteiger partial charge in [-0.3, -0.25) is 9.59 Å². The highest BCUT2D eigenvalue weighted by atomic mass is 35.5. The van der Waals surface area contributed by atoms with Crippen LogP contribution in [0, 0.1) is 46.3 Å². The van der Waals surface area contributed by atoms with E-state index in [1.807, 2.05) is 32.6 Å². The van der Waals surface area contributed by atoms with Gasteiger partial charge in [-0.1, -0.05) is 65.5 Å². The number of esters is 1. The molecule has 0 spiro atoms. The fraction of sp³-hybridized carbons (Fsp3) is 0.905. The molecule has 0 aromatic heterocycles. The molecule has 50 heavy (non-hydrogen) atoms. The van der Waals surface area contributed by atoms with Crippen LogP contribution < -0.4 is 11.5 Å². The van der Waals surface area contributed by atoms with E-state index >= 15 is 0 Å². The molecule has 3 fully saturated rings. The molecule has 0 aromatic rings. The smallest absolute Gasteiger partial charge is 0.306 e. The van der Waals surface area contributed by atoms with Crippen molar-refractivity contribution in [1.82, 2.24) is 4.90 Å². The van der Waals surface area contributed by atoms with Crippen molar-refractivity contribution < 1.29 is 14.3 Å². The molecule has 4 aliphatic rings. The van der Waals surface area contributed by atoms with Gasteiger partial charge >= 0.3 is 5.97 Å². The summed E-state index contributed by atoms with van der Waals surface area (Å²) in [6.07, 6.45) is 19.0. The van der Waals surface area contributed by atoms with Crippen LogP contribution in [0.25, 0.3) is 0 Å². The highest BCUT2D eigenvalue weighted by Crippen LogP contribution is 2.67. The lowest BCUT2D eigenvalue weighted by Crippen LogP contribution is -2.51. The molecule has 4 rings (SSSR count). The average molecular weight is 743 g/mol. The van der Waals surface area contributed by atoms with Gasteiger partial charge in [0, 0.05) is 37.0 Å². The molecule has 4 N–H and O–H groups in total. The quantitative estimate of drug-likeness (QED) is 0.121. The zero-order valence-electron chi connectivity index (χ0n) is 33.5. The summed E-state index contributed by atoms with van der Waals surface area (Å²) in [5.74, 6) is 4.72. The number of nitrogens with two attached hydrogens (primary N) is 2. The third-order valence-corrected chi connectivity index (χ3v) is 13.7. The van der Waals surface area contributed by atoms with E-state index in [4.69, 9.17) is 16.2 Å². The predicted octanol–water partition coefficient (Wildman–Crippen LogP) is 10.0. The molecule has 292 valence electrons. The van der Waals surface area contributed by atoms with Crippen LogP contribution in [-0.4, -0.2) is 47.0 Å². The Morgan fingerprint density at radius 2 is 1.56 bits per heavy atom. The number of hydrogen-bond donors (Lipinski definition) is 2. The number of allylic oxidation sites excluding steroid dienone is 1. The number of carbonyl (C=O) groups excluding carboxylic acids is 2. The maximum Gasteiger partial charge on any atom is 0.306 e. The molecule has 0 bridgehead atoms. The molecular weight excluding hydrogens is 665 g/mol. The number of nitrogens with zero attached hydrogens (tertiary/aromatic N) is 1. The SMILES string of the molecule is CC(C)CCC[C@@H](C)[C@H]1CC[C@H]2[C@@H]3CC=C4C[C@@H](OC(=O)CCC(=O)N(CCCC(C)(C)N)CCC(C)(C)N)CC[C@]4(C)[C@H]3CC[C@]12C.Cl.Cl. The second-order valence-corrected chi connectivity index (χ2v) is 19.4. The number of rotatable bonds is 16. The first-order chi connectivity index (χ1) is 22.3. The van der Waals surface area contributed by atoms with Gasteiger partial charge in [-0.05, 0) is 138 Å². The minimum atomic E-state index is -0.351. The minimum absolute atomic E-state index is 0. The Morgan fingerprint density at radius 1 is 0.880 bits per heavy atom. The second-order valence-electron chi connectivity index (χ2n) is 19.4. The van der Waals surface area contributed by atoms with Crippen molar-refractivity contribution in [3.63, 3.8) is 0 Å². The van der Waals surface area contributed by atoms with Gasteiger partial charge in [0.2, 0.25) is 5.91 Å². The number of hydrogen-bond acceptors (Lipinski definition) is 5. The lowest BCUT2D eigenvalue weighted by atomic mass is 9.47. The summed E-state index contributed by atoms with van der Waals surface area (Å²) < 4.78 is 6.08. The first-order valence-corrected chi connectivity index (χ1v) is 20.1. The number of carbonyl (C=O) groups is 2. The largest absolute Gasteiger partial charge is 0.462 e. The summed E-state index contributed by atoms with van der Waals surface area (Å²) in [5, 5.41) is 0. The fourth-order valence-corrected chi connectivity index (χ4v) is 10.9. The number of halogens is 2. The van der Waals surface area contributed by atoms with E-state index in [9.17, 15) is 9.59 Å². The molecule has 0 aromatic carbocycles. The molecule has 0 saturated heterocycles. The van der Waals surface area contributed by atoms with Crippen molar-refractivity contribution in [2.24, 2.45) is 57.8 Å². The van der Waals surface area contributed by atoms with Crippen LogP contribution in [0.4, 0.5) is 0 Å². The van der Waals surface area contributed by atoms with Gasteiger partial charge in [0.05, 0.1) is 6.42 Å². The van der Waals surface area contributed by atoms with Crippen molar-refractivity contribution in [1.29, 1.82) is 0 Å². The van der Waals surface area contributed by atoms with E-state index in [0.717, 1.165) is 67.6 Å². The molecule has 0 aliphatic heterocycles. The summed E-state index contributed by atoms with van der Waals surface area (Å²) in [5.41, 5.74) is 14.1. The molecule has 0 heterocycles. The van der Waals surface area contributed by atoms with E-state index in [1.54, 1.807) is 5.57 Å². The maximum absolute atomic E-state index is 13.2. The van der Waals surface area contributed by atoms with E-state index in [-0.39, 0.29) is 72.1 Å². The van der Waals surface area contributed by atoms with E-state index in [2.05, 4.69) is 40.7 Å². The Bertz CT molecular complexity index is 1130. The Labute approximate surface area is 319 Å². The van der Waals surface area contributed by atoms with Gasteiger partial charge in [-0.15, -0.1) is 24.8 Å². The highest BCUT2D eigenvalue weighted by Gasteiger charge is 2.59. The molecule has 3 saturated carbocycles. The lowest BCUT2D eigenvalue weighted by Gasteiger charge is -2.58. The molecule has 8 heteroatoms. The molecular formula is C42H77Cl2N3O3. The summed E-state index contributed by atoms with van der Waals surface area (Å²) in [6, 6.07) is 0. The maximum atomic E-state index is 13.2. The molecule has 0 radical (unpaired) electrons. The normalized spacial score (nSPS) is 31.3. The summed E-state index contributed by atoms with van der Waals surface area (Å²) in [7, 11) is 0. The number of fused-ring (bicyclic) bond motifs is 5. The van der Waals surface area contributed by atoms with Gasteiger partial charge in [-0.2, -0.15) is 0 Å². The van der Waals surface area contributed by atoms with Crippen molar-refractivity contribution in [2.45, 2.75) is 182 Å². The Morgan fingerprint density at radius 3 is 2.20 bits per heavy atom. The zero-order valence-corrected chi connectivity index (χ0v) is 35.1. The van der Waals surface area contributed by atoms with E-state index in [0.29, 0.717) is 24.9 Å². The van der Waals surface area contributed by atoms with Crippen LogP contribution >= 0.6 is 24.8 Å². The van der Waals surface area contributed by atoms with Crippen molar-refractivity contribution in [3.8, 4) is 0 Å². The van der Waals surface area contributed by atoms with E-state index in [1.165, 1.54) is 51.4 Å². The molecule has 0 unspecified atom stereocenters. The third-order valence-electron chi connectivity index (χ3n) is 13.7. The number of ether oxygens (including phenoxy) is 1. The Balaban J connectivity index is 0.00000433. The summed E-state index contributed by atoms with van der Waals surface area (Å²) in [4.78, 5) is 28.2. The van der Waals surface area contributed by atoms with Crippen LogP contribution in [-0.2, 0) is 14.3 Å². The van der Waals surface area contributed by atoms with Crippen molar-refractivity contribution >= 4 is 36.7 Å². The van der Waals surface area contributed by atoms with Crippen LogP contribution in [0.3, 0.4) is 0 Å². The monoisotopic (exact) mass is 742 g/mol. The Hall–Kier alpha value is -0.820. The Kier molecular flexibility index (Phi) is 16.8. The standard InChI is InChI=1S/C42H75N3O3.2ClH/c1-29(2)12-10-13-30(3)34-16-17-35-33-15-14-31-28-32(20-23-41(31,8)36(33)21-24-42(34,35)9)48-38(47)19-18-37(46)45(27-25-40(6,7)44)26-11-22-39(4,5)43;;/h14,29-30,32-36H,10-13,15-28,43-44H2,1-9H3;2*1H/t30-,32+,33+,34-,35+,36+,41+,42-;;/m1../s1. The van der Waals surface area contributed by atoms with Gasteiger partial charge in [-0.25, -0.2) is 0 Å². The van der Waals surface area contributed by atoms with Crippen LogP contribution in [0.2, 0.25) is 0 Å². The second kappa shape index (κ2) is 18.5.